The molecule has 4 nitrogen and oxygen atoms in total. The van der Waals surface area contributed by atoms with Gasteiger partial charge in [0, 0.05) is 15.5 Å². The van der Waals surface area contributed by atoms with E-state index in [2.05, 4.69) is 39.7 Å². The molecular weight excluding hydrogens is 324 g/mol. The Bertz CT molecular complexity index is 746. The highest BCUT2D eigenvalue weighted by molar-refractivity contribution is 9.10. The molecule has 0 aliphatic carbocycles. The third-order valence-electron chi connectivity index (χ3n) is 3.06. The van der Waals surface area contributed by atoms with Crippen molar-refractivity contribution in [1.29, 1.82) is 0 Å². The van der Waals surface area contributed by atoms with Gasteiger partial charge in [-0.3, -0.25) is 0 Å². The Hall–Kier alpha value is -1.40. The first kappa shape index (κ1) is 12.6. The fraction of sp³-hybridized carbons (Fsp3) is 0.231. The minimum atomic E-state index is 0.0878. The molecule has 2 heterocycles. The number of aromatic nitrogens is 3. The largest absolute Gasteiger partial charge is 0.369 e. The van der Waals surface area contributed by atoms with Gasteiger partial charge in [-0.2, -0.15) is 0 Å². The molecule has 0 aliphatic rings. The highest BCUT2D eigenvalue weighted by Crippen LogP contribution is 2.30. The fourth-order valence-electron chi connectivity index (χ4n) is 2.17. The monoisotopic (exact) mass is 336 g/mol. The van der Waals surface area contributed by atoms with Crippen LogP contribution >= 0.6 is 27.3 Å². The van der Waals surface area contributed by atoms with Crippen LogP contribution in [-0.4, -0.2) is 14.5 Å². The Balaban J connectivity index is 2.16. The van der Waals surface area contributed by atoms with Crippen molar-refractivity contribution in [3.8, 4) is 0 Å². The number of aryl methyl sites for hydroxylation is 1. The van der Waals surface area contributed by atoms with E-state index in [1.54, 1.807) is 11.3 Å². The van der Waals surface area contributed by atoms with E-state index >= 15 is 0 Å². The second-order valence-corrected chi connectivity index (χ2v) is 6.64. The van der Waals surface area contributed by atoms with Gasteiger partial charge >= 0.3 is 0 Å². The zero-order chi connectivity index (χ0) is 13.6. The summed E-state index contributed by atoms with van der Waals surface area (Å²) >= 11 is 5.14. The smallest absolute Gasteiger partial charge is 0.201 e. The van der Waals surface area contributed by atoms with E-state index in [1.165, 1.54) is 4.88 Å². The first-order valence-corrected chi connectivity index (χ1v) is 7.52. The number of rotatable bonds is 2. The van der Waals surface area contributed by atoms with Crippen LogP contribution in [0.2, 0.25) is 0 Å². The van der Waals surface area contributed by atoms with Gasteiger partial charge in [0.1, 0.15) is 5.01 Å². The second kappa shape index (κ2) is 4.61. The van der Waals surface area contributed by atoms with Gasteiger partial charge in [-0.05, 0) is 32.0 Å². The molecule has 0 radical (unpaired) electrons. The maximum absolute atomic E-state index is 6.06. The first-order chi connectivity index (χ1) is 9.06. The van der Waals surface area contributed by atoms with Crippen LogP contribution in [0, 0.1) is 6.92 Å². The number of fused-ring (bicyclic) bond motifs is 1. The number of nitrogens with two attached hydrogens (primary N) is 1. The maximum Gasteiger partial charge on any atom is 0.201 e. The molecule has 19 heavy (non-hydrogen) atoms. The molecule has 0 spiro atoms. The molecule has 0 saturated carbocycles. The van der Waals surface area contributed by atoms with E-state index in [0.29, 0.717) is 5.95 Å². The number of hydrogen-bond acceptors (Lipinski definition) is 4. The third kappa shape index (κ3) is 2.15. The summed E-state index contributed by atoms with van der Waals surface area (Å²) in [5.74, 6) is 0.522. The molecule has 0 aliphatic heterocycles. The average molecular weight is 337 g/mol. The van der Waals surface area contributed by atoms with Crippen LogP contribution < -0.4 is 5.73 Å². The number of nitrogen functional groups attached to an aromatic ring is 1. The van der Waals surface area contributed by atoms with Crippen LogP contribution in [0.1, 0.15) is 22.9 Å². The molecule has 0 amide bonds. The minimum absolute atomic E-state index is 0.0878. The highest BCUT2D eigenvalue weighted by Gasteiger charge is 2.18. The van der Waals surface area contributed by atoms with Crippen molar-refractivity contribution in [3.63, 3.8) is 0 Å². The van der Waals surface area contributed by atoms with E-state index < -0.39 is 0 Å². The van der Waals surface area contributed by atoms with Gasteiger partial charge in [0.2, 0.25) is 5.95 Å². The number of hydrogen-bond donors (Lipinski definition) is 1. The summed E-state index contributed by atoms with van der Waals surface area (Å²) in [6, 6.07) is 6.09. The summed E-state index contributed by atoms with van der Waals surface area (Å²) in [5, 5.41) is 1.05. The molecule has 0 bridgehead atoms. The molecule has 1 aromatic carbocycles. The quantitative estimate of drug-likeness (QED) is 0.775. The number of imidazole rings is 1. The van der Waals surface area contributed by atoms with Crippen molar-refractivity contribution in [2.24, 2.45) is 0 Å². The molecule has 3 aromatic rings. The molecule has 2 N–H and O–H groups in total. The minimum Gasteiger partial charge on any atom is -0.369 e. The van der Waals surface area contributed by atoms with Crippen LogP contribution in [0.15, 0.2) is 28.9 Å². The molecule has 6 heteroatoms. The van der Waals surface area contributed by atoms with Crippen LogP contribution in [-0.2, 0) is 0 Å². The third-order valence-corrected chi connectivity index (χ3v) is 4.64. The molecule has 98 valence electrons. The van der Waals surface area contributed by atoms with Crippen LogP contribution in [0.5, 0.6) is 0 Å². The lowest BCUT2D eigenvalue weighted by molar-refractivity contribution is 0.662. The Morgan fingerprint density at radius 1 is 1.42 bits per heavy atom. The SMILES string of the molecule is Cc1cnc(C(C)n2c(N)nc3cc(Br)ccc32)s1. The summed E-state index contributed by atoms with van der Waals surface area (Å²) in [6.45, 7) is 4.15. The summed E-state index contributed by atoms with van der Waals surface area (Å²) in [6.07, 6.45) is 1.89. The number of halogens is 1. The van der Waals surface area contributed by atoms with E-state index in [0.717, 1.165) is 20.5 Å². The molecular formula is C13H13BrN4S. The second-order valence-electron chi connectivity index (χ2n) is 4.46. The van der Waals surface area contributed by atoms with Crippen molar-refractivity contribution in [3.05, 3.63) is 38.8 Å². The average Bonchev–Trinajstić information content (AvgIpc) is 2.91. The summed E-state index contributed by atoms with van der Waals surface area (Å²) < 4.78 is 3.03. The normalized spacial score (nSPS) is 13.0. The number of benzene rings is 1. The van der Waals surface area contributed by atoms with Crippen molar-refractivity contribution >= 4 is 44.2 Å². The van der Waals surface area contributed by atoms with Crippen LogP contribution in [0.4, 0.5) is 5.95 Å². The standard InChI is InChI=1S/C13H13BrN4S/c1-7-6-16-12(19-7)8(2)18-11-4-3-9(14)5-10(11)17-13(18)15/h3-6,8H,1-2H3,(H2,15,17). The van der Waals surface area contributed by atoms with E-state index in [-0.39, 0.29) is 6.04 Å². The predicted molar refractivity (Wildman–Crippen MR) is 82.5 cm³/mol. The molecule has 0 fully saturated rings. The lowest BCUT2D eigenvalue weighted by atomic mass is 10.3. The van der Waals surface area contributed by atoms with E-state index in [9.17, 15) is 0 Å². The molecule has 0 saturated heterocycles. The van der Waals surface area contributed by atoms with E-state index in [4.69, 9.17) is 5.73 Å². The lowest BCUT2D eigenvalue weighted by Gasteiger charge is -2.13. The summed E-state index contributed by atoms with van der Waals surface area (Å²) in [4.78, 5) is 10.1. The summed E-state index contributed by atoms with van der Waals surface area (Å²) in [5.41, 5.74) is 7.99. The maximum atomic E-state index is 6.06. The van der Waals surface area contributed by atoms with Crippen molar-refractivity contribution in [2.45, 2.75) is 19.9 Å². The highest BCUT2D eigenvalue weighted by atomic mass is 79.9. The van der Waals surface area contributed by atoms with Crippen molar-refractivity contribution in [2.75, 3.05) is 5.73 Å². The van der Waals surface area contributed by atoms with Crippen molar-refractivity contribution < 1.29 is 0 Å². The molecule has 2 aromatic heterocycles. The first-order valence-electron chi connectivity index (χ1n) is 5.91. The van der Waals surface area contributed by atoms with Gasteiger partial charge in [-0.1, -0.05) is 15.9 Å². The zero-order valence-electron chi connectivity index (χ0n) is 10.6. The number of thiazole rings is 1. The lowest BCUT2D eigenvalue weighted by Crippen LogP contribution is -2.09. The van der Waals surface area contributed by atoms with Gasteiger partial charge in [0.25, 0.3) is 0 Å². The van der Waals surface area contributed by atoms with Crippen LogP contribution in [0.25, 0.3) is 11.0 Å². The summed E-state index contributed by atoms with van der Waals surface area (Å²) in [7, 11) is 0. The number of anilines is 1. The van der Waals surface area contributed by atoms with Gasteiger partial charge in [-0.25, -0.2) is 9.97 Å². The predicted octanol–water partition coefficient (Wildman–Crippen LogP) is 3.76. The fourth-order valence-corrected chi connectivity index (χ4v) is 3.34. The van der Waals surface area contributed by atoms with E-state index in [1.807, 2.05) is 29.0 Å². The Morgan fingerprint density at radius 3 is 2.89 bits per heavy atom. The van der Waals surface area contributed by atoms with Gasteiger partial charge in [0.05, 0.1) is 17.1 Å². The molecule has 1 unspecified atom stereocenters. The Morgan fingerprint density at radius 2 is 2.21 bits per heavy atom. The van der Waals surface area contributed by atoms with Gasteiger partial charge in [0.15, 0.2) is 0 Å². The Labute approximate surface area is 123 Å². The molecule has 3 rings (SSSR count). The topological polar surface area (TPSA) is 56.7 Å². The number of nitrogens with zero attached hydrogens (tertiary/aromatic N) is 3. The zero-order valence-corrected chi connectivity index (χ0v) is 13.0. The van der Waals surface area contributed by atoms with Gasteiger partial charge < -0.3 is 10.3 Å². The van der Waals surface area contributed by atoms with Crippen LogP contribution in [0.3, 0.4) is 0 Å². The van der Waals surface area contributed by atoms with Crippen molar-refractivity contribution in [1.82, 2.24) is 14.5 Å². The Kier molecular flexibility index (Phi) is 3.06. The molecule has 1 atom stereocenters. The van der Waals surface area contributed by atoms with Gasteiger partial charge in [-0.15, -0.1) is 11.3 Å².